The van der Waals surface area contributed by atoms with E-state index in [2.05, 4.69) is 16.0 Å². The standard InChI is InChI=1S/C10H21N3O/c1-11-10(14)13-6-2-3-9-4-7-12-8-5-9/h9,12H,2-8H2,1H3,(H2,11,13,14). The third-order valence-corrected chi connectivity index (χ3v) is 2.76. The van der Waals surface area contributed by atoms with Gasteiger partial charge in [-0.15, -0.1) is 0 Å². The van der Waals surface area contributed by atoms with Crippen LogP contribution in [-0.2, 0) is 0 Å². The Morgan fingerprint density at radius 3 is 2.79 bits per heavy atom. The molecule has 4 nitrogen and oxygen atoms in total. The minimum absolute atomic E-state index is 0.0738. The number of hydrogen-bond donors (Lipinski definition) is 3. The van der Waals surface area contributed by atoms with Gasteiger partial charge in [0.05, 0.1) is 0 Å². The third kappa shape index (κ3) is 4.46. The number of amides is 2. The zero-order chi connectivity index (χ0) is 10.2. The molecular formula is C10H21N3O. The average Bonchev–Trinajstić information content (AvgIpc) is 2.25. The fraction of sp³-hybridized carbons (Fsp3) is 0.900. The Morgan fingerprint density at radius 2 is 2.14 bits per heavy atom. The summed E-state index contributed by atoms with van der Waals surface area (Å²) in [6, 6.07) is -0.0738. The predicted molar refractivity (Wildman–Crippen MR) is 57.3 cm³/mol. The van der Waals surface area contributed by atoms with Crippen molar-refractivity contribution in [2.24, 2.45) is 5.92 Å². The van der Waals surface area contributed by atoms with Crippen LogP contribution in [0.4, 0.5) is 4.79 Å². The van der Waals surface area contributed by atoms with Crippen molar-refractivity contribution in [2.45, 2.75) is 25.7 Å². The van der Waals surface area contributed by atoms with Gasteiger partial charge in [0.2, 0.25) is 0 Å². The molecule has 1 rings (SSSR count). The number of piperidine rings is 1. The maximum Gasteiger partial charge on any atom is 0.314 e. The van der Waals surface area contributed by atoms with Crippen molar-refractivity contribution in [2.75, 3.05) is 26.7 Å². The van der Waals surface area contributed by atoms with Gasteiger partial charge in [0.15, 0.2) is 0 Å². The lowest BCUT2D eigenvalue weighted by atomic mass is 9.93. The van der Waals surface area contributed by atoms with Gasteiger partial charge in [0.25, 0.3) is 0 Å². The molecule has 0 saturated carbocycles. The van der Waals surface area contributed by atoms with Crippen molar-refractivity contribution >= 4 is 6.03 Å². The van der Waals surface area contributed by atoms with Gasteiger partial charge in [-0.3, -0.25) is 0 Å². The Kier molecular flexibility index (Phi) is 5.37. The number of urea groups is 1. The van der Waals surface area contributed by atoms with Gasteiger partial charge in [0, 0.05) is 13.6 Å². The lowest BCUT2D eigenvalue weighted by Crippen LogP contribution is -2.34. The first-order chi connectivity index (χ1) is 6.83. The van der Waals surface area contributed by atoms with Crippen LogP contribution >= 0.6 is 0 Å². The molecule has 14 heavy (non-hydrogen) atoms. The molecule has 0 radical (unpaired) electrons. The number of nitrogens with one attached hydrogen (secondary N) is 3. The van der Waals surface area contributed by atoms with Gasteiger partial charge in [0.1, 0.15) is 0 Å². The molecule has 0 atom stereocenters. The van der Waals surface area contributed by atoms with Crippen molar-refractivity contribution in [3.05, 3.63) is 0 Å². The molecule has 0 aromatic heterocycles. The summed E-state index contributed by atoms with van der Waals surface area (Å²) in [4.78, 5) is 10.8. The minimum atomic E-state index is -0.0738. The molecule has 0 aromatic rings. The molecular weight excluding hydrogens is 178 g/mol. The van der Waals surface area contributed by atoms with Crippen LogP contribution in [0.15, 0.2) is 0 Å². The molecule has 1 aliphatic rings. The molecule has 4 heteroatoms. The fourth-order valence-corrected chi connectivity index (χ4v) is 1.85. The molecule has 1 heterocycles. The fourth-order valence-electron chi connectivity index (χ4n) is 1.85. The van der Waals surface area contributed by atoms with Crippen LogP contribution in [-0.4, -0.2) is 32.7 Å². The van der Waals surface area contributed by atoms with E-state index in [1.165, 1.54) is 19.3 Å². The zero-order valence-electron chi connectivity index (χ0n) is 8.94. The largest absolute Gasteiger partial charge is 0.341 e. The number of hydrogen-bond acceptors (Lipinski definition) is 2. The quantitative estimate of drug-likeness (QED) is 0.584. The summed E-state index contributed by atoms with van der Waals surface area (Å²) in [6.07, 6.45) is 4.92. The third-order valence-electron chi connectivity index (χ3n) is 2.76. The average molecular weight is 199 g/mol. The lowest BCUT2D eigenvalue weighted by Gasteiger charge is -2.22. The second-order valence-electron chi connectivity index (χ2n) is 3.84. The van der Waals surface area contributed by atoms with Crippen LogP contribution in [0.2, 0.25) is 0 Å². The summed E-state index contributed by atoms with van der Waals surface area (Å²) in [7, 11) is 1.64. The summed E-state index contributed by atoms with van der Waals surface area (Å²) in [5.74, 6) is 0.864. The topological polar surface area (TPSA) is 53.2 Å². The van der Waals surface area contributed by atoms with Crippen molar-refractivity contribution in [1.29, 1.82) is 0 Å². The first kappa shape index (κ1) is 11.3. The van der Waals surface area contributed by atoms with Crippen LogP contribution in [0.25, 0.3) is 0 Å². The molecule has 0 bridgehead atoms. The molecule has 0 aromatic carbocycles. The molecule has 82 valence electrons. The maximum atomic E-state index is 10.8. The predicted octanol–water partition coefficient (Wildman–Crippen LogP) is 0.695. The molecule has 2 amide bonds. The smallest absolute Gasteiger partial charge is 0.314 e. The highest BCUT2D eigenvalue weighted by molar-refractivity contribution is 5.73. The van der Waals surface area contributed by atoms with Crippen molar-refractivity contribution in [1.82, 2.24) is 16.0 Å². The van der Waals surface area contributed by atoms with Gasteiger partial charge in [-0.2, -0.15) is 0 Å². The molecule has 1 fully saturated rings. The molecule has 1 saturated heterocycles. The van der Waals surface area contributed by atoms with E-state index in [0.29, 0.717) is 0 Å². The van der Waals surface area contributed by atoms with Crippen LogP contribution < -0.4 is 16.0 Å². The van der Waals surface area contributed by atoms with Gasteiger partial charge < -0.3 is 16.0 Å². The Hall–Kier alpha value is -0.770. The van der Waals surface area contributed by atoms with Crippen molar-refractivity contribution in [3.8, 4) is 0 Å². The van der Waals surface area contributed by atoms with E-state index in [1.54, 1.807) is 7.05 Å². The minimum Gasteiger partial charge on any atom is -0.341 e. The normalized spacial score (nSPS) is 17.8. The Bertz CT molecular complexity index is 167. The van der Waals surface area contributed by atoms with Crippen molar-refractivity contribution in [3.63, 3.8) is 0 Å². The summed E-state index contributed by atoms with van der Waals surface area (Å²) < 4.78 is 0. The maximum absolute atomic E-state index is 10.8. The van der Waals surface area contributed by atoms with Crippen LogP contribution in [0.3, 0.4) is 0 Å². The van der Waals surface area contributed by atoms with E-state index >= 15 is 0 Å². The second kappa shape index (κ2) is 6.65. The van der Waals surface area contributed by atoms with E-state index in [-0.39, 0.29) is 6.03 Å². The van der Waals surface area contributed by atoms with E-state index in [0.717, 1.165) is 32.0 Å². The highest BCUT2D eigenvalue weighted by Gasteiger charge is 2.11. The van der Waals surface area contributed by atoms with Crippen LogP contribution in [0, 0.1) is 5.92 Å². The molecule has 0 aliphatic carbocycles. The van der Waals surface area contributed by atoms with E-state index < -0.39 is 0 Å². The summed E-state index contributed by atoms with van der Waals surface area (Å²) in [5.41, 5.74) is 0. The van der Waals surface area contributed by atoms with E-state index in [1.807, 2.05) is 0 Å². The van der Waals surface area contributed by atoms with Gasteiger partial charge in [-0.25, -0.2) is 4.79 Å². The number of carbonyl (C=O) groups is 1. The first-order valence-electron chi connectivity index (χ1n) is 5.49. The Labute approximate surface area is 85.8 Å². The highest BCUT2D eigenvalue weighted by Crippen LogP contribution is 2.16. The van der Waals surface area contributed by atoms with Crippen LogP contribution in [0.5, 0.6) is 0 Å². The zero-order valence-corrected chi connectivity index (χ0v) is 8.94. The highest BCUT2D eigenvalue weighted by atomic mass is 16.2. The molecule has 3 N–H and O–H groups in total. The Balaban J connectivity index is 1.94. The van der Waals surface area contributed by atoms with Gasteiger partial charge in [-0.1, -0.05) is 0 Å². The Morgan fingerprint density at radius 1 is 1.43 bits per heavy atom. The SMILES string of the molecule is CNC(=O)NCCCC1CCNCC1. The second-order valence-corrected chi connectivity index (χ2v) is 3.84. The lowest BCUT2D eigenvalue weighted by molar-refractivity contribution is 0.242. The summed E-state index contributed by atoms with van der Waals surface area (Å²) in [6.45, 7) is 3.12. The van der Waals surface area contributed by atoms with Crippen molar-refractivity contribution < 1.29 is 4.79 Å². The molecule has 0 unspecified atom stereocenters. The molecule has 0 spiro atoms. The van der Waals surface area contributed by atoms with E-state index in [9.17, 15) is 4.79 Å². The van der Waals surface area contributed by atoms with E-state index in [4.69, 9.17) is 0 Å². The summed E-state index contributed by atoms with van der Waals surface area (Å²) >= 11 is 0. The monoisotopic (exact) mass is 199 g/mol. The van der Waals surface area contributed by atoms with Gasteiger partial charge >= 0.3 is 6.03 Å². The number of rotatable bonds is 4. The van der Waals surface area contributed by atoms with Crippen LogP contribution in [0.1, 0.15) is 25.7 Å². The molecule has 1 aliphatic heterocycles. The first-order valence-corrected chi connectivity index (χ1v) is 5.49. The number of carbonyl (C=O) groups excluding carboxylic acids is 1. The van der Waals surface area contributed by atoms with Gasteiger partial charge in [-0.05, 0) is 44.7 Å². The summed E-state index contributed by atoms with van der Waals surface area (Å²) in [5, 5.41) is 8.70.